The second-order valence-corrected chi connectivity index (χ2v) is 5.58. The molecule has 1 N–H and O–H groups in total. The van der Waals surface area contributed by atoms with Gasteiger partial charge in [-0.1, -0.05) is 31.2 Å². The highest BCUT2D eigenvalue weighted by molar-refractivity contribution is 5.59. The van der Waals surface area contributed by atoms with Crippen molar-refractivity contribution in [3.8, 4) is 22.7 Å². The van der Waals surface area contributed by atoms with Gasteiger partial charge >= 0.3 is 0 Å². The summed E-state index contributed by atoms with van der Waals surface area (Å²) in [5.41, 5.74) is 4.08. The van der Waals surface area contributed by atoms with Crippen molar-refractivity contribution in [1.29, 1.82) is 0 Å². The molecule has 5 nitrogen and oxygen atoms in total. The Morgan fingerprint density at radius 2 is 1.78 bits per heavy atom. The minimum absolute atomic E-state index is 0.415. The molecule has 0 spiro atoms. The van der Waals surface area contributed by atoms with E-state index < -0.39 is 0 Å². The van der Waals surface area contributed by atoms with Gasteiger partial charge in [-0.2, -0.15) is 0 Å². The molecule has 1 heterocycles. The first-order chi connectivity index (χ1) is 11.2. The van der Waals surface area contributed by atoms with E-state index >= 15 is 0 Å². The molecular formula is C18H18N3O2+. The van der Waals surface area contributed by atoms with Gasteiger partial charge in [-0.15, -0.1) is 4.68 Å². The van der Waals surface area contributed by atoms with Gasteiger partial charge in [0, 0.05) is 10.7 Å². The minimum Gasteiger partial charge on any atom is -0.429 e. The van der Waals surface area contributed by atoms with Gasteiger partial charge in [0.05, 0.1) is 0 Å². The largest absolute Gasteiger partial charge is 0.429 e. The predicted molar refractivity (Wildman–Crippen MR) is 86.3 cm³/mol. The molecule has 0 fully saturated rings. The first kappa shape index (κ1) is 15.0. The lowest BCUT2D eigenvalue weighted by Crippen LogP contribution is -2.31. The molecule has 1 aromatic heterocycles. The Labute approximate surface area is 134 Å². The van der Waals surface area contributed by atoms with Gasteiger partial charge in [-0.05, 0) is 47.9 Å². The van der Waals surface area contributed by atoms with Crippen molar-refractivity contribution in [2.45, 2.75) is 19.8 Å². The molecule has 0 saturated carbocycles. The molecule has 116 valence electrons. The van der Waals surface area contributed by atoms with Crippen LogP contribution in [-0.4, -0.2) is 16.8 Å². The quantitative estimate of drug-likeness (QED) is 0.582. The number of rotatable bonds is 5. The molecule has 2 aromatic carbocycles. The number of ether oxygens (including phenoxy) is 1. The highest BCUT2D eigenvalue weighted by atomic mass is 16.5. The molecule has 0 unspecified atom stereocenters. The van der Waals surface area contributed by atoms with E-state index in [0.717, 1.165) is 16.9 Å². The number of aromatic nitrogens is 3. The molecule has 3 aromatic rings. The molecule has 0 atom stereocenters. The van der Waals surface area contributed by atoms with E-state index in [4.69, 9.17) is 4.74 Å². The SMILES string of the molecule is CC(C)c1ccc(-[n+]2cc(-c3ccc(OC=O)cc3)n[nH]2)cc1. The van der Waals surface area contributed by atoms with E-state index in [0.29, 0.717) is 18.1 Å². The van der Waals surface area contributed by atoms with Gasteiger partial charge in [0.15, 0.2) is 11.9 Å². The zero-order valence-electron chi connectivity index (χ0n) is 13.1. The van der Waals surface area contributed by atoms with E-state index in [2.05, 4.69) is 48.4 Å². The van der Waals surface area contributed by atoms with Crippen molar-refractivity contribution in [3.63, 3.8) is 0 Å². The molecule has 5 heteroatoms. The Morgan fingerprint density at radius 3 is 2.39 bits per heavy atom. The van der Waals surface area contributed by atoms with Crippen LogP contribution in [0, 0.1) is 0 Å². The third-order valence-electron chi connectivity index (χ3n) is 3.70. The molecule has 23 heavy (non-hydrogen) atoms. The number of carbonyl (C=O) groups is 1. The second kappa shape index (κ2) is 6.44. The fourth-order valence-electron chi connectivity index (χ4n) is 2.34. The van der Waals surface area contributed by atoms with E-state index in [-0.39, 0.29) is 0 Å². The van der Waals surface area contributed by atoms with Crippen molar-refractivity contribution in [2.75, 3.05) is 0 Å². The van der Waals surface area contributed by atoms with Gasteiger partial charge in [-0.25, -0.2) is 0 Å². The number of hydrogen-bond donors (Lipinski definition) is 1. The number of carbonyl (C=O) groups excluding carboxylic acids is 1. The summed E-state index contributed by atoms with van der Waals surface area (Å²) >= 11 is 0. The third-order valence-corrected chi connectivity index (χ3v) is 3.70. The maximum Gasteiger partial charge on any atom is 0.298 e. The number of nitrogens with one attached hydrogen (secondary N) is 1. The zero-order chi connectivity index (χ0) is 16.2. The van der Waals surface area contributed by atoms with E-state index in [1.54, 1.807) is 12.1 Å². The normalized spacial score (nSPS) is 10.7. The summed E-state index contributed by atoms with van der Waals surface area (Å²) in [7, 11) is 0. The van der Waals surface area contributed by atoms with Crippen molar-refractivity contribution < 1.29 is 14.2 Å². The minimum atomic E-state index is 0.415. The highest BCUT2D eigenvalue weighted by Gasteiger charge is 2.13. The molecule has 0 aliphatic rings. The molecule has 0 radical (unpaired) electrons. The number of hydrogen-bond acceptors (Lipinski definition) is 3. The maximum absolute atomic E-state index is 10.3. The smallest absolute Gasteiger partial charge is 0.298 e. The summed E-state index contributed by atoms with van der Waals surface area (Å²) < 4.78 is 6.66. The maximum atomic E-state index is 10.3. The molecule has 0 aliphatic carbocycles. The van der Waals surface area contributed by atoms with Gasteiger partial charge in [-0.3, -0.25) is 4.79 Å². The Balaban J connectivity index is 1.83. The molecule has 3 rings (SSSR count). The molecule has 0 bridgehead atoms. The highest BCUT2D eigenvalue weighted by Crippen LogP contribution is 2.20. The van der Waals surface area contributed by atoms with Crippen LogP contribution in [0.3, 0.4) is 0 Å². The lowest BCUT2D eigenvalue weighted by atomic mass is 10.0. The van der Waals surface area contributed by atoms with Crippen molar-refractivity contribution >= 4 is 6.47 Å². The Morgan fingerprint density at radius 1 is 1.09 bits per heavy atom. The van der Waals surface area contributed by atoms with Crippen LogP contribution in [-0.2, 0) is 4.79 Å². The number of H-pyrrole nitrogens is 1. The summed E-state index contributed by atoms with van der Waals surface area (Å²) in [6.45, 7) is 4.77. The first-order valence-corrected chi connectivity index (χ1v) is 7.45. The van der Waals surface area contributed by atoms with Gasteiger partial charge in [0.25, 0.3) is 6.47 Å². The summed E-state index contributed by atoms with van der Waals surface area (Å²) in [5, 5.41) is 7.31. The standard InChI is InChI=1S/C18H17N3O2/c1-13(2)14-3-7-16(8-4-14)21-11-18(19-20-21)15-5-9-17(10-6-15)23-12-22/h3-13H,1-2H3/p+1. The van der Waals surface area contributed by atoms with E-state index in [9.17, 15) is 4.79 Å². The third kappa shape index (κ3) is 3.29. The van der Waals surface area contributed by atoms with E-state index in [1.165, 1.54) is 5.56 Å². The second-order valence-electron chi connectivity index (χ2n) is 5.58. The van der Waals surface area contributed by atoms with Gasteiger partial charge < -0.3 is 4.74 Å². The number of nitrogens with zero attached hydrogens (tertiary/aromatic N) is 2. The van der Waals surface area contributed by atoms with Crippen LogP contribution in [0.25, 0.3) is 16.9 Å². The van der Waals surface area contributed by atoms with Crippen LogP contribution in [0.4, 0.5) is 0 Å². The van der Waals surface area contributed by atoms with Crippen LogP contribution in [0.15, 0.2) is 54.7 Å². The van der Waals surface area contributed by atoms with Crippen molar-refractivity contribution in [3.05, 3.63) is 60.3 Å². The fourth-order valence-corrected chi connectivity index (χ4v) is 2.34. The van der Waals surface area contributed by atoms with Crippen LogP contribution < -0.4 is 9.42 Å². The van der Waals surface area contributed by atoms with Gasteiger partial charge in [0.1, 0.15) is 5.75 Å². The molecule has 0 amide bonds. The number of aromatic amines is 1. The van der Waals surface area contributed by atoms with Crippen molar-refractivity contribution in [2.24, 2.45) is 0 Å². The average molecular weight is 308 g/mol. The fraction of sp³-hybridized carbons (Fsp3) is 0.167. The molecular weight excluding hydrogens is 290 g/mol. The zero-order valence-corrected chi connectivity index (χ0v) is 13.1. The summed E-state index contributed by atoms with van der Waals surface area (Å²) in [6, 6.07) is 15.6. The van der Waals surface area contributed by atoms with Crippen molar-refractivity contribution in [1.82, 2.24) is 10.3 Å². The lowest BCUT2D eigenvalue weighted by molar-refractivity contribution is -0.659. The van der Waals surface area contributed by atoms with Crippen LogP contribution in [0.2, 0.25) is 0 Å². The van der Waals surface area contributed by atoms with Gasteiger partial charge in [0.2, 0.25) is 5.69 Å². The van der Waals surface area contributed by atoms with Crippen LogP contribution in [0.1, 0.15) is 25.3 Å². The van der Waals surface area contributed by atoms with Crippen LogP contribution in [0.5, 0.6) is 5.75 Å². The summed E-state index contributed by atoms with van der Waals surface area (Å²) in [5.74, 6) is 1.02. The predicted octanol–water partition coefficient (Wildman–Crippen LogP) is 3.01. The monoisotopic (exact) mass is 308 g/mol. The summed E-state index contributed by atoms with van der Waals surface area (Å²) in [6.07, 6.45) is 1.93. The Hall–Kier alpha value is -2.95. The molecule has 0 aliphatic heterocycles. The number of benzene rings is 2. The Bertz CT molecular complexity index is 790. The topological polar surface area (TPSA) is 58.9 Å². The Kier molecular flexibility index (Phi) is 4.19. The first-order valence-electron chi connectivity index (χ1n) is 7.45. The van der Waals surface area contributed by atoms with E-state index in [1.807, 2.05) is 23.0 Å². The molecule has 0 saturated heterocycles. The summed E-state index contributed by atoms with van der Waals surface area (Å²) in [4.78, 5) is 10.3. The lowest BCUT2D eigenvalue weighted by Gasteiger charge is -2.04. The van der Waals surface area contributed by atoms with Crippen LogP contribution >= 0.6 is 0 Å². The average Bonchev–Trinajstić information content (AvgIpc) is 3.06.